The molecule has 1 aromatic rings. The van der Waals surface area contributed by atoms with Crippen LogP contribution < -0.4 is 4.72 Å². The number of sulfonamides is 1. The van der Waals surface area contributed by atoms with Crippen LogP contribution in [-0.4, -0.2) is 19.9 Å². The predicted octanol–water partition coefficient (Wildman–Crippen LogP) is 2.27. The van der Waals surface area contributed by atoms with Gasteiger partial charge in [-0.15, -0.1) is 0 Å². The van der Waals surface area contributed by atoms with Gasteiger partial charge >= 0.3 is 0 Å². The first-order chi connectivity index (χ1) is 7.47. The average Bonchev–Trinajstić information content (AvgIpc) is 2.91. The fourth-order valence-electron chi connectivity index (χ4n) is 1.51. The summed E-state index contributed by atoms with van der Waals surface area (Å²) in [5.74, 6) is 0. The monoisotopic (exact) mass is 280 g/mol. The molecule has 0 bridgehead atoms. The number of halogens is 1. The zero-order chi connectivity index (χ0) is 11.8. The Kier molecular flexibility index (Phi) is 3.27. The van der Waals surface area contributed by atoms with Gasteiger partial charge in [-0.1, -0.05) is 29.9 Å². The molecule has 7 heteroatoms. The van der Waals surface area contributed by atoms with Crippen molar-refractivity contribution in [2.24, 2.45) is 5.41 Å². The third-order valence-corrected chi connectivity index (χ3v) is 6.04. The molecule has 1 heterocycles. The van der Waals surface area contributed by atoms with Crippen LogP contribution in [-0.2, 0) is 10.0 Å². The van der Waals surface area contributed by atoms with Crippen molar-refractivity contribution in [3.8, 4) is 0 Å². The number of hydrogen-bond donors (Lipinski definition) is 1. The van der Waals surface area contributed by atoms with Crippen LogP contribution in [0.15, 0.2) is 10.4 Å². The summed E-state index contributed by atoms with van der Waals surface area (Å²) in [6.07, 6.45) is 4.52. The second-order valence-electron chi connectivity index (χ2n) is 4.11. The molecule has 0 atom stereocenters. The van der Waals surface area contributed by atoms with Gasteiger partial charge in [0, 0.05) is 6.54 Å². The van der Waals surface area contributed by atoms with Gasteiger partial charge in [0.05, 0.1) is 6.20 Å². The largest absolute Gasteiger partial charge is 0.251 e. The standard InChI is InChI=1S/C9H13ClN2O2S2/c1-2-9(3-4-9)6-12-16(13,14)7-5-11-8(10)15-7/h5,12H,2-4,6H2,1H3. The van der Waals surface area contributed by atoms with Crippen LogP contribution in [0.2, 0.25) is 4.47 Å². The molecule has 1 aliphatic carbocycles. The van der Waals surface area contributed by atoms with Crippen LogP contribution in [0.5, 0.6) is 0 Å². The van der Waals surface area contributed by atoms with E-state index in [9.17, 15) is 8.42 Å². The molecule has 0 aliphatic heterocycles. The lowest BCUT2D eigenvalue weighted by Gasteiger charge is -2.12. The van der Waals surface area contributed by atoms with Gasteiger partial charge in [0.15, 0.2) is 8.68 Å². The number of rotatable bonds is 5. The molecule has 0 amide bonds. The van der Waals surface area contributed by atoms with E-state index < -0.39 is 10.0 Å². The Balaban J connectivity index is 2.04. The molecule has 4 nitrogen and oxygen atoms in total. The van der Waals surface area contributed by atoms with Gasteiger partial charge in [0.1, 0.15) is 0 Å². The first kappa shape index (κ1) is 12.3. The molecule has 0 saturated heterocycles. The quantitative estimate of drug-likeness (QED) is 0.900. The Morgan fingerprint density at radius 2 is 2.31 bits per heavy atom. The summed E-state index contributed by atoms with van der Waals surface area (Å²) >= 11 is 6.59. The highest BCUT2D eigenvalue weighted by Crippen LogP contribution is 2.48. The van der Waals surface area contributed by atoms with Crippen LogP contribution in [0.3, 0.4) is 0 Å². The molecule has 16 heavy (non-hydrogen) atoms. The Labute approximate surface area is 104 Å². The van der Waals surface area contributed by atoms with Crippen LogP contribution in [0.25, 0.3) is 0 Å². The first-order valence-corrected chi connectivity index (χ1v) is 7.76. The van der Waals surface area contributed by atoms with Gasteiger partial charge in [-0.3, -0.25) is 0 Å². The maximum Gasteiger partial charge on any atom is 0.251 e. The summed E-state index contributed by atoms with van der Waals surface area (Å²) in [7, 11) is -3.42. The summed E-state index contributed by atoms with van der Waals surface area (Å²) in [5.41, 5.74) is 0.196. The van der Waals surface area contributed by atoms with Crippen molar-refractivity contribution in [2.45, 2.75) is 30.4 Å². The SMILES string of the molecule is CCC1(CNS(=O)(=O)c2cnc(Cl)s2)CC1. The topological polar surface area (TPSA) is 59.1 Å². The van der Waals surface area contributed by atoms with E-state index in [2.05, 4.69) is 16.6 Å². The molecule has 90 valence electrons. The number of nitrogens with zero attached hydrogens (tertiary/aromatic N) is 1. The predicted molar refractivity (Wildman–Crippen MR) is 64.3 cm³/mol. The van der Waals surface area contributed by atoms with Crippen molar-refractivity contribution >= 4 is 33.0 Å². The van der Waals surface area contributed by atoms with Crippen molar-refractivity contribution in [1.82, 2.24) is 9.71 Å². The molecular weight excluding hydrogens is 268 g/mol. The van der Waals surface area contributed by atoms with Gasteiger partial charge in [0.2, 0.25) is 0 Å². The lowest BCUT2D eigenvalue weighted by atomic mass is 10.1. The van der Waals surface area contributed by atoms with Gasteiger partial charge in [0.25, 0.3) is 10.0 Å². The van der Waals surface area contributed by atoms with Crippen molar-refractivity contribution in [3.05, 3.63) is 10.7 Å². The maximum absolute atomic E-state index is 11.8. The molecule has 1 aliphatic rings. The third kappa shape index (κ3) is 2.56. The van der Waals surface area contributed by atoms with E-state index in [4.69, 9.17) is 11.6 Å². The molecule has 2 rings (SSSR count). The maximum atomic E-state index is 11.8. The van der Waals surface area contributed by atoms with Crippen molar-refractivity contribution in [1.29, 1.82) is 0 Å². The number of aromatic nitrogens is 1. The molecule has 1 aromatic heterocycles. The highest BCUT2D eigenvalue weighted by atomic mass is 35.5. The highest BCUT2D eigenvalue weighted by molar-refractivity contribution is 7.91. The van der Waals surface area contributed by atoms with Gasteiger partial charge in [-0.2, -0.15) is 0 Å². The van der Waals surface area contributed by atoms with Crippen molar-refractivity contribution in [3.63, 3.8) is 0 Å². The smallest absolute Gasteiger partial charge is 0.232 e. The molecule has 0 radical (unpaired) electrons. The van der Waals surface area contributed by atoms with Crippen molar-refractivity contribution < 1.29 is 8.42 Å². The summed E-state index contributed by atoms with van der Waals surface area (Å²) < 4.78 is 26.7. The van der Waals surface area contributed by atoms with E-state index in [1.54, 1.807) is 0 Å². The zero-order valence-electron chi connectivity index (χ0n) is 8.86. The van der Waals surface area contributed by atoms with E-state index in [-0.39, 0.29) is 14.1 Å². The number of nitrogens with one attached hydrogen (secondary N) is 1. The highest BCUT2D eigenvalue weighted by Gasteiger charge is 2.41. The Morgan fingerprint density at radius 1 is 1.62 bits per heavy atom. The van der Waals surface area contributed by atoms with E-state index in [1.165, 1.54) is 6.20 Å². The van der Waals surface area contributed by atoms with Crippen LogP contribution in [0.1, 0.15) is 26.2 Å². The molecule has 0 spiro atoms. The van der Waals surface area contributed by atoms with E-state index in [0.717, 1.165) is 30.6 Å². The Hall–Kier alpha value is -0.170. The van der Waals surface area contributed by atoms with E-state index in [0.29, 0.717) is 6.54 Å². The van der Waals surface area contributed by atoms with Crippen molar-refractivity contribution in [2.75, 3.05) is 6.54 Å². The van der Waals surface area contributed by atoms with Gasteiger partial charge in [-0.25, -0.2) is 18.1 Å². The van der Waals surface area contributed by atoms with E-state index >= 15 is 0 Å². The minimum Gasteiger partial charge on any atom is -0.232 e. The number of thiazole rings is 1. The number of hydrogen-bond acceptors (Lipinski definition) is 4. The molecule has 0 unspecified atom stereocenters. The third-order valence-electron chi connectivity index (χ3n) is 3.07. The summed E-state index contributed by atoms with van der Waals surface area (Å²) in [5, 5.41) is 0. The first-order valence-electron chi connectivity index (χ1n) is 5.08. The average molecular weight is 281 g/mol. The van der Waals surface area contributed by atoms with Gasteiger partial charge < -0.3 is 0 Å². The minimum atomic E-state index is -3.42. The lowest BCUT2D eigenvalue weighted by Crippen LogP contribution is -2.29. The lowest BCUT2D eigenvalue weighted by molar-refractivity contribution is 0.476. The van der Waals surface area contributed by atoms with Crippen LogP contribution in [0.4, 0.5) is 0 Å². The molecule has 1 fully saturated rings. The zero-order valence-corrected chi connectivity index (χ0v) is 11.3. The van der Waals surface area contributed by atoms with E-state index in [1.807, 2.05) is 0 Å². The molecular formula is C9H13ClN2O2S2. The normalized spacial score (nSPS) is 18.6. The fourth-order valence-corrected chi connectivity index (χ4v) is 4.01. The molecule has 1 saturated carbocycles. The van der Waals surface area contributed by atoms with Crippen LogP contribution >= 0.6 is 22.9 Å². The molecule has 1 N–H and O–H groups in total. The minimum absolute atomic E-state index is 0.185. The summed E-state index contributed by atoms with van der Waals surface area (Å²) in [6, 6.07) is 0. The Morgan fingerprint density at radius 3 is 2.75 bits per heavy atom. The van der Waals surface area contributed by atoms with Gasteiger partial charge in [-0.05, 0) is 24.7 Å². The fraction of sp³-hybridized carbons (Fsp3) is 0.667. The Bertz CT molecular complexity index is 479. The van der Waals surface area contributed by atoms with Crippen LogP contribution in [0, 0.1) is 5.41 Å². The second-order valence-corrected chi connectivity index (χ2v) is 7.72. The molecule has 0 aromatic carbocycles. The summed E-state index contributed by atoms with van der Waals surface area (Å²) in [4.78, 5) is 3.73. The summed E-state index contributed by atoms with van der Waals surface area (Å²) in [6.45, 7) is 2.60. The second kappa shape index (κ2) is 4.25.